The molecule has 0 spiro atoms. The quantitative estimate of drug-likeness (QED) is 0.862. The van der Waals surface area contributed by atoms with Crippen LogP contribution in [-0.2, 0) is 11.3 Å². The number of benzene rings is 1. The van der Waals surface area contributed by atoms with E-state index < -0.39 is 12.0 Å². The van der Waals surface area contributed by atoms with Crippen molar-refractivity contribution in [1.29, 1.82) is 0 Å². The molecule has 0 saturated carbocycles. The molecule has 1 aliphatic rings. The first-order valence-electron chi connectivity index (χ1n) is 7.25. The van der Waals surface area contributed by atoms with Crippen LogP contribution in [0.3, 0.4) is 0 Å². The summed E-state index contributed by atoms with van der Waals surface area (Å²) in [5.41, 5.74) is 1.35. The summed E-state index contributed by atoms with van der Waals surface area (Å²) in [6, 6.07) is 10.1. The van der Waals surface area contributed by atoms with Gasteiger partial charge in [0.1, 0.15) is 6.04 Å². The number of likely N-dealkylation sites (tertiary alicyclic amines) is 1. The summed E-state index contributed by atoms with van der Waals surface area (Å²) in [6.07, 6.45) is 1.16. The highest BCUT2D eigenvalue weighted by Gasteiger charge is 2.26. The minimum absolute atomic E-state index is 0.404. The Kier molecular flexibility index (Phi) is 5.15. The van der Waals surface area contributed by atoms with Crippen molar-refractivity contribution < 1.29 is 9.90 Å². The maximum atomic E-state index is 11.0. The molecule has 110 valence electrons. The Morgan fingerprint density at radius 1 is 1.45 bits per heavy atom. The Balaban J connectivity index is 1.79. The van der Waals surface area contributed by atoms with Gasteiger partial charge >= 0.3 is 5.97 Å². The molecule has 1 aromatic rings. The molecule has 1 saturated heterocycles. The fraction of sp³-hybridized carbons (Fsp3) is 0.562. The van der Waals surface area contributed by atoms with Gasteiger partial charge in [-0.05, 0) is 38.4 Å². The number of hydrogen-bond acceptors (Lipinski definition) is 3. The first kappa shape index (κ1) is 15.0. The molecule has 0 amide bonds. The second-order valence-corrected chi connectivity index (χ2v) is 5.83. The standard InChI is InChI=1S/C16H24N2O2/c1-13(16(19)20)17(2)10-15-8-9-18(12-15)11-14-6-4-3-5-7-14/h3-7,13,15H,8-12H2,1-2H3,(H,19,20)/t13-,15-/m1/s1. The number of likely N-dealkylation sites (N-methyl/N-ethyl adjacent to an activating group) is 1. The van der Waals surface area contributed by atoms with Crippen molar-refractivity contribution in [2.45, 2.75) is 25.9 Å². The van der Waals surface area contributed by atoms with Crippen molar-refractivity contribution in [3.63, 3.8) is 0 Å². The molecule has 0 unspecified atom stereocenters. The minimum atomic E-state index is -0.744. The van der Waals surface area contributed by atoms with Gasteiger partial charge in [0.15, 0.2) is 0 Å². The molecule has 0 aliphatic carbocycles. The third-order valence-electron chi connectivity index (χ3n) is 4.18. The number of carbonyl (C=O) groups is 1. The van der Waals surface area contributed by atoms with E-state index >= 15 is 0 Å². The van der Waals surface area contributed by atoms with Crippen LogP contribution >= 0.6 is 0 Å². The second kappa shape index (κ2) is 6.86. The Morgan fingerprint density at radius 3 is 2.80 bits per heavy atom. The second-order valence-electron chi connectivity index (χ2n) is 5.83. The summed E-state index contributed by atoms with van der Waals surface area (Å²) in [4.78, 5) is 15.4. The molecule has 2 atom stereocenters. The first-order valence-corrected chi connectivity index (χ1v) is 7.25. The van der Waals surface area contributed by atoms with Crippen LogP contribution in [-0.4, -0.2) is 53.6 Å². The lowest BCUT2D eigenvalue weighted by Crippen LogP contribution is -2.39. The summed E-state index contributed by atoms with van der Waals surface area (Å²) < 4.78 is 0. The predicted octanol–water partition coefficient (Wildman–Crippen LogP) is 1.91. The normalized spacial score (nSPS) is 21.2. The van der Waals surface area contributed by atoms with Crippen LogP contribution in [0.4, 0.5) is 0 Å². The van der Waals surface area contributed by atoms with Gasteiger partial charge in [0.2, 0.25) is 0 Å². The zero-order valence-corrected chi connectivity index (χ0v) is 12.3. The summed E-state index contributed by atoms with van der Waals surface area (Å²) in [6.45, 7) is 5.77. The van der Waals surface area contributed by atoms with Crippen LogP contribution in [0, 0.1) is 5.92 Å². The molecule has 1 fully saturated rings. The fourth-order valence-corrected chi connectivity index (χ4v) is 2.80. The molecular weight excluding hydrogens is 252 g/mol. The molecule has 4 heteroatoms. The van der Waals surface area contributed by atoms with Crippen molar-refractivity contribution in [2.24, 2.45) is 5.92 Å². The SMILES string of the molecule is C[C@H](C(=O)O)N(C)C[C@H]1CCN(Cc2ccccc2)C1. The van der Waals surface area contributed by atoms with E-state index in [0.717, 1.165) is 32.6 Å². The third-order valence-corrected chi connectivity index (χ3v) is 4.18. The zero-order valence-electron chi connectivity index (χ0n) is 12.3. The average Bonchev–Trinajstić information content (AvgIpc) is 2.86. The van der Waals surface area contributed by atoms with Gasteiger partial charge in [0, 0.05) is 19.6 Å². The van der Waals surface area contributed by atoms with E-state index in [-0.39, 0.29) is 0 Å². The lowest BCUT2D eigenvalue weighted by Gasteiger charge is -2.24. The van der Waals surface area contributed by atoms with Crippen LogP contribution in [0.2, 0.25) is 0 Å². The first-order chi connectivity index (χ1) is 9.56. The summed E-state index contributed by atoms with van der Waals surface area (Å²) in [7, 11) is 1.90. The maximum Gasteiger partial charge on any atom is 0.320 e. The van der Waals surface area contributed by atoms with Gasteiger partial charge in [-0.1, -0.05) is 30.3 Å². The third kappa shape index (κ3) is 4.05. The van der Waals surface area contributed by atoms with Gasteiger partial charge < -0.3 is 5.11 Å². The topological polar surface area (TPSA) is 43.8 Å². The molecule has 4 nitrogen and oxygen atoms in total. The van der Waals surface area contributed by atoms with Gasteiger partial charge in [-0.2, -0.15) is 0 Å². The number of rotatable bonds is 6. The highest BCUT2D eigenvalue weighted by Crippen LogP contribution is 2.20. The molecule has 0 aromatic heterocycles. The van der Waals surface area contributed by atoms with Crippen LogP contribution in [0.25, 0.3) is 0 Å². The summed E-state index contributed by atoms with van der Waals surface area (Å²) >= 11 is 0. The molecule has 1 heterocycles. The van der Waals surface area contributed by atoms with E-state index in [0.29, 0.717) is 5.92 Å². The maximum absolute atomic E-state index is 11.0. The molecule has 20 heavy (non-hydrogen) atoms. The highest BCUT2D eigenvalue weighted by molar-refractivity contribution is 5.72. The number of hydrogen-bond donors (Lipinski definition) is 1. The lowest BCUT2D eigenvalue weighted by atomic mass is 10.1. The van der Waals surface area contributed by atoms with E-state index in [1.165, 1.54) is 5.56 Å². The van der Waals surface area contributed by atoms with Crippen LogP contribution < -0.4 is 0 Å². The number of nitrogens with zero attached hydrogens (tertiary/aromatic N) is 2. The predicted molar refractivity (Wildman–Crippen MR) is 79.6 cm³/mol. The Bertz CT molecular complexity index is 435. The Hall–Kier alpha value is -1.39. The van der Waals surface area contributed by atoms with Gasteiger partial charge in [-0.3, -0.25) is 14.6 Å². The summed E-state index contributed by atoms with van der Waals surface area (Å²) in [5, 5.41) is 9.02. The molecule has 1 aromatic carbocycles. The van der Waals surface area contributed by atoms with E-state index in [2.05, 4.69) is 29.2 Å². The Labute approximate surface area is 121 Å². The molecule has 0 bridgehead atoms. The number of carboxylic acid groups (broad SMARTS) is 1. The molecule has 1 aliphatic heterocycles. The van der Waals surface area contributed by atoms with Gasteiger partial charge in [0.05, 0.1) is 0 Å². The highest BCUT2D eigenvalue weighted by atomic mass is 16.4. The molecule has 1 N–H and O–H groups in total. The lowest BCUT2D eigenvalue weighted by molar-refractivity contribution is -0.142. The minimum Gasteiger partial charge on any atom is -0.480 e. The van der Waals surface area contributed by atoms with Crippen LogP contribution in [0.1, 0.15) is 18.9 Å². The monoisotopic (exact) mass is 276 g/mol. The van der Waals surface area contributed by atoms with E-state index in [1.54, 1.807) is 6.92 Å². The van der Waals surface area contributed by atoms with Crippen LogP contribution in [0.15, 0.2) is 30.3 Å². The van der Waals surface area contributed by atoms with E-state index in [4.69, 9.17) is 5.11 Å². The zero-order chi connectivity index (χ0) is 14.5. The molecular formula is C16H24N2O2. The number of aliphatic carboxylic acids is 1. The van der Waals surface area contributed by atoms with Crippen molar-refractivity contribution in [3.05, 3.63) is 35.9 Å². The van der Waals surface area contributed by atoms with Crippen LogP contribution in [0.5, 0.6) is 0 Å². The largest absolute Gasteiger partial charge is 0.480 e. The molecule has 0 radical (unpaired) electrons. The van der Waals surface area contributed by atoms with E-state index in [1.807, 2.05) is 18.0 Å². The summed E-state index contributed by atoms with van der Waals surface area (Å²) in [5.74, 6) is -0.169. The van der Waals surface area contributed by atoms with E-state index in [9.17, 15) is 4.79 Å². The number of carboxylic acids is 1. The Morgan fingerprint density at radius 2 is 2.15 bits per heavy atom. The smallest absolute Gasteiger partial charge is 0.320 e. The average molecular weight is 276 g/mol. The fourth-order valence-electron chi connectivity index (χ4n) is 2.80. The van der Waals surface area contributed by atoms with Crippen molar-refractivity contribution in [3.8, 4) is 0 Å². The van der Waals surface area contributed by atoms with Crippen molar-refractivity contribution >= 4 is 5.97 Å². The van der Waals surface area contributed by atoms with Crippen molar-refractivity contribution in [2.75, 3.05) is 26.7 Å². The van der Waals surface area contributed by atoms with Gasteiger partial charge in [0.25, 0.3) is 0 Å². The van der Waals surface area contributed by atoms with Gasteiger partial charge in [-0.15, -0.1) is 0 Å². The van der Waals surface area contributed by atoms with Gasteiger partial charge in [-0.25, -0.2) is 0 Å². The molecule has 2 rings (SSSR count). The van der Waals surface area contributed by atoms with Crippen molar-refractivity contribution in [1.82, 2.24) is 9.80 Å².